The van der Waals surface area contributed by atoms with Crippen molar-refractivity contribution >= 4 is 11.9 Å². The number of nitrogens with one attached hydrogen (secondary N) is 1. The minimum Gasteiger partial charge on any atom is -0.479 e. The van der Waals surface area contributed by atoms with E-state index in [-0.39, 0.29) is 6.42 Å². The molecule has 108 valence electrons. The molecule has 0 aliphatic heterocycles. The molecule has 0 saturated heterocycles. The molecule has 2 N–H and O–H groups in total. The molecule has 0 heterocycles. The van der Waals surface area contributed by atoms with Crippen molar-refractivity contribution in [3.05, 3.63) is 35.9 Å². The van der Waals surface area contributed by atoms with Crippen molar-refractivity contribution in [3.63, 3.8) is 0 Å². The van der Waals surface area contributed by atoms with Crippen molar-refractivity contribution in [2.45, 2.75) is 30.5 Å². The van der Waals surface area contributed by atoms with E-state index in [1.807, 2.05) is 0 Å². The Morgan fingerprint density at radius 3 is 2.25 bits per heavy atom. The monoisotopic (exact) mass is 287 g/mol. The second kappa shape index (κ2) is 4.22. The summed E-state index contributed by atoms with van der Waals surface area (Å²) < 4.78 is 37.0. The van der Waals surface area contributed by atoms with E-state index in [1.54, 1.807) is 35.6 Å². The number of halogens is 3. The lowest BCUT2D eigenvalue weighted by molar-refractivity contribution is -0.176. The maximum atomic E-state index is 12.3. The van der Waals surface area contributed by atoms with Crippen LogP contribution in [0.15, 0.2) is 30.3 Å². The molecule has 7 heteroatoms. The van der Waals surface area contributed by atoms with Crippen molar-refractivity contribution in [1.82, 2.24) is 5.32 Å². The maximum absolute atomic E-state index is 12.3. The Morgan fingerprint density at radius 2 is 1.80 bits per heavy atom. The third-order valence-corrected chi connectivity index (χ3v) is 3.80. The number of amides is 1. The van der Waals surface area contributed by atoms with Gasteiger partial charge in [-0.15, -0.1) is 0 Å². The van der Waals surface area contributed by atoms with Crippen molar-refractivity contribution in [2.24, 2.45) is 0 Å². The van der Waals surface area contributed by atoms with Crippen LogP contribution >= 0.6 is 0 Å². The molecule has 4 nitrogen and oxygen atoms in total. The summed E-state index contributed by atoms with van der Waals surface area (Å²) >= 11 is 0. The third kappa shape index (κ3) is 2.03. The average molecular weight is 287 g/mol. The van der Waals surface area contributed by atoms with Crippen LogP contribution in [0.3, 0.4) is 0 Å². The Hall–Kier alpha value is -2.05. The molecule has 0 unspecified atom stereocenters. The van der Waals surface area contributed by atoms with E-state index in [2.05, 4.69) is 0 Å². The van der Waals surface area contributed by atoms with Gasteiger partial charge in [0.15, 0.2) is 0 Å². The largest absolute Gasteiger partial charge is 0.479 e. The predicted octanol–water partition coefficient (Wildman–Crippen LogP) is 1.85. The Labute approximate surface area is 112 Å². The molecular weight excluding hydrogens is 275 g/mol. The molecule has 1 aromatic rings. The lowest BCUT2D eigenvalue weighted by Gasteiger charge is -2.21. The van der Waals surface area contributed by atoms with Crippen molar-refractivity contribution < 1.29 is 27.9 Å². The van der Waals surface area contributed by atoms with Crippen LogP contribution in [0.4, 0.5) is 13.2 Å². The number of hydrogen-bond acceptors (Lipinski definition) is 2. The first-order valence-corrected chi connectivity index (χ1v) is 5.82. The summed E-state index contributed by atoms with van der Waals surface area (Å²) in [5, 5.41) is 10.9. The standard InChI is InChI=1S/C13H12F3NO3/c1-11(8-5-3-2-4-6-8)7-12(11,10(19)20)17-9(18)13(14,15)16/h2-6H,7H2,1H3,(H,17,18)(H,19,20)/t11-,12-/m0/s1. The van der Waals surface area contributed by atoms with E-state index in [0.29, 0.717) is 5.56 Å². The van der Waals surface area contributed by atoms with Crippen molar-refractivity contribution in [3.8, 4) is 0 Å². The van der Waals surface area contributed by atoms with Gasteiger partial charge in [-0.3, -0.25) is 4.79 Å². The van der Waals surface area contributed by atoms with Crippen LogP contribution in [0.1, 0.15) is 18.9 Å². The molecule has 2 atom stereocenters. The number of carbonyl (C=O) groups excluding carboxylic acids is 1. The fourth-order valence-corrected chi connectivity index (χ4v) is 2.45. The number of hydrogen-bond donors (Lipinski definition) is 2. The Bertz CT molecular complexity index is 558. The van der Waals surface area contributed by atoms with Crippen molar-refractivity contribution in [1.29, 1.82) is 0 Å². The van der Waals surface area contributed by atoms with Crippen LogP contribution in [-0.2, 0) is 15.0 Å². The van der Waals surface area contributed by atoms with E-state index in [9.17, 15) is 27.9 Å². The lowest BCUT2D eigenvalue weighted by atomic mass is 9.92. The molecule has 1 aromatic carbocycles. The number of alkyl halides is 3. The summed E-state index contributed by atoms with van der Waals surface area (Å²) in [6.07, 6.45) is -5.19. The third-order valence-electron chi connectivity index (χ3n) is 3.80. The zero-order valence-electron chi connectivity index (χ0n) is 10.5. The minimum absolute atomic E-state index is 0.0822. The number of rotatable bonds is 3. The molecule has 1 amide bonds. The van der Waals surface area contributed by atoms with Gasteiger partial charge in [0.05, 0.1) is 0 Å². The zero-order valence-corrected chi connectivity index (χ0v) is 10.5. The SMILES string of the molecule is C[C@@]1(c2ccccc2)C[C@]1(NC(=O)C(F)(F)F)C(=O)O. The van der Waals surface area contributed by atoms with E-state index in [1.165, 1.54) is 6.92 Å². The highest BCUT2D eigenvalue weighted by molar-refractivity contribution is 5.94. The van der Waals surface area contributed by atoms with E-state index in [4.69, 9.17) is 0 Å². The van der Waals surface area contributed by atoms with Gasteiger partial charge < -0.3 is 10.4 Å². The molecule has 0 spiro atoms. The van der Waals surface area contributed by atoms with Gasteiger partial charge in [0.2, 0.25) is 0 Å². The van der Waals surface area contributed by atoms with Crippen LogP contribution in [-0.4, -0.2) is 28.7 Å². The van der Waals surface area contributed by atoms with E-state index in [0.717, 1.165) is 0 Å². The minimum atomic E-state index is -5.11. The summed E-state index contributed by atoms with van der Waals surface area (Å²) in [4.78, 5) is 22.4. The fourth-order valence-electron chi connectivity index (χ4n) is 2.45. The molecule has 0 radical (unpaired) electrons. The summed E-state index contributed by atoms with van der Waals surface area (Å²) in [5.41, 5.74) is -2.40. The first-order valence-electron chi connectivity index (χ1n) is 5.82. The van der Waals surface area contributed by atoms with E-state index < -0.39 is 29.0 Å². The van der Waals surface area contributed by atoms with Gasteiger partial charge >= 0.3 is 18.1 Å². The van der Waals surface area contributed by atoms with Crippen LogP contribution in [0.2, 0.25) is 0 Å². The summed E-state index contributed by atoms with van der Waals surface area (Å²) in [6, 6.07) is 8.30. The number of carboxylic acids is 1. The Kier molecular flexibility index (Phi) is 3.03. The molecule has 0 aromatic heterocycles. The molecule has 1 aliphatic rings. The highest BCUT2D eigenvalue weighted by Crippen LogP contribution is 2.57. The van der Waals surface area contributed by atoms with Gasteiger partial charge in [-0.05, 0) is 12.0 Å². The molecular formula is C13H12F3NO3. The van der Waals surface area contributed by atoms with Crippen molar-refractivity contribution in [2.75, 3.05) is 0 Å². The number of aliphatic carboxylic acids is 1. The number of carbonyl (C=O) groups is 2. The molecule has 2 rings (SSSR count). The first kappa shape index (κ1) is 14.4. The molecule has 1 aliphatic carbocycles. The van der Waals surface area contributed by atoms with Gasteiger partial charge in [0.1, 0.15) is 5.54 Å². The summed E-state index contributed by atoms with van der Waals surface area (Å²) in [5.74, 6) is -3.71. The number of carboxylic acid groups (broad SMARTS) is 1. The Morgan fingerprint density at radius 1 is 1.25 bits per heavy atom. The topological polar surface area (TPSA) is 66.4 Å². The van der Waals surface area contributed by atoms with Crippen LogP contribution in [0.5, 0.6) is 0 Å². The number of benzene rings is 1. The second-order valence-corrected chi connectivity index (χ2v) is 5.04. The van der Waals surface area contributed by atoms with E-state index >= 15 is 0 Å². The van der Waals surface area contributed by atoms with Gasteiger partial charge in [-0.25, -0.2) is 4.79 Å². The summed E-state index contributed by atoms with van der Waals surface area (Å²) in [7, 11) is 0. The van der Waals surface area contributed by atoms with Crippen LogP contribution in [0.25, 0.3) is 0 Å². The second-order valence-electron chi connectivity index (χ2n) is 5.04. The highest BCUT2D eigenvalue weighted by atomic mass is 19.4. The predicted molar refractivity (Wildman–Crippen MR) is 63.0 cm³/mol. The van der Waals surface area contributed by atoms with Gasteiger partial charge in [0, 0.05) is 5.41 Å². The van der Waals surface area contributed by atoms with Gasteiger partial charge in [-0.2, -0.15) is 13.2 Å². The average Bonchev–Trinajstić information content (AvgIpc) is 2.97. The zero-order chi connectivity index (χ0) is 15.2. The maximum Gasteiger partial charge on any atom is 0.471 e. The normalized spacial score (nSPS) is 28.8. The molecule has 1 fully saturated rings. The first-order chi connectivity index (χ1) is 9.13. The molecule has 1 saturated carbocycles. The highest BCUT2D eigenvalue weighted by Gasteiger charge is 2.72. The summed E-state index contributed by atoms with van der Waals surface area (Å²) in [6.45, 7) is 1.52. The smallest absolute Gasteiger partial charge is 0.471 e. The quantitative estimate of drug-likeness (QED) is 0.891. The van der Waals surface area contributed by atoms with Gasteiger partial charge in [0.25, 0.3) is 0 Å². The fraction of sp³-hybridized carbons (Fsp3) is 0.385. The van der Waals surface area contributed by atoms with Gasteiger partial charge in [-0.1, -0.05) is 37.3 Å². The lowest BCUT2D eigenvalue weighted by Crippen LogP contribution is -2.52. The molecule has 20 heavy (non-hydrogen) atoms. The van der Waals surface area contributed by atoms with Crippen LogP contribution < -0.4 is 5.32 Å². The molecule has 0 bridgehead atoms. The van der Waals surface area contributed by atoms with Crippen LogP contribution in [0, 0.1) is 0 Å². The Balaban J connectivity index is 2.32.